The van der Waals surface area contributed by atoms with Crippen LogP contribution < -0.4 is 16.3 Å². The first-order valence-electron chi connectivity index (χ1n) is 4.55. The van der Waals surface area contributed by atoms with Crippen molar-refractivity contribution in [2.75, 3.05) is 7.11 Å². The molecular weight excluding hydrogens is 244 g/mol. The molecule has 1 rings (SSSR count). The highest BCUT2D eigenvalue weighted by Crippen LogP contribution is 2.25. The van der Waals surface area contributed by atoms with E-state index in [-0.39, 0.29) is 10.9 Å². The van der Waals surface area contributed by atoms with Gasteiger partial charge in [-0.25, -0.2) is 0 Å². The van der Waals surface area contributed by atoms with Gasteiger partial charge in [0, 0.05) is 11.8 Å². The molecule has 0 aliphatic rings. The van der Waals surface area contributed by atoms with Crippen LogP contribution in [-0.2, 0) is 5.75 Å². The summed E-state index contributed by atoms with van der Waals surface area (Å²) in [6, 6.07) is 4.51. The SMILES string of the molecule is COc1cc(CS/C(N)=N/N)cc([N+](=O)[O-])c1. The van der Waals surface area contributed by atoms with Gasteiger partial charge in [0.2, 0.25) is 0 Å². The van der Waals surface area contributed by atoms with E-state index in [2.05, 4.69) is 5.10 Å². The molecule has 0 aliphatic heterocycles. The van der Waals surface area contributed by atoms with Gasteiger partial charge in [-0.3, -0.25) is 10.1 Å². The van der Waals surface area contributed by atoms with Crippen LogP contribution in [0, 0.1) is 10.1 Å². The maximum absolute atomic E-state index is 10.7. The van der Waals surface area contributed by atoms with Gasteiger partial charge in [0.05, 0.1) is 18.1 Å². The fourth-order valence-corrected chi connectivity index (χ4v) is 1.70. The van der Waals surface area contributed by atoms with Gasteiger partial charge >= 0.3 is 0 Å². The van der Waals surface area contributed by atoms with Gasteiger partial charge in [0.15, 0.2) is 5.17 Å². The second-order valence-electron chi connectivity index (χ2n) is 3.05. The summed E-state index contributed by atoms with van der Waals surface area (Å²) in [4.78, 5) is 10.2. The number of amidine groups is 1. The zero-order valence-corrected chi connectivity index (χ0v) is 9.94. The number of nitro groups is 1. The third-order valence-electron chi connectivity index (χ3n) is 1.91. The van der Waals surface area contributed by atoms with Gasteiger partial charge in [-0.05, 0) is 11.6 Å². The Morgan fingerprint density at radius 1 is 1.59 bits per heavy atom. The van der Waals surface area contributed by atoms with Crippen molar-refractivity contribution in [3.8, 4) is 5.75 Å². The van der Waals surface area contributed by atoms with E-state index >= 15 is 0 Å². The third-order valence-corrected chi connectivity index (χ3v) is 2.79. The fraction of sp³-hybridized carbons (Fsp3) is 0.222. The van der Waals surface area contributed by atoms with Crippen LogP contribution in [0.1, 0.15) is 5.56 Å². The van der Waals surface area contributed by atoms with E-state index in [9.17, 15) is 10.1 Å². The number of non-ortho nitro benzene ring substituents is 1. The Labute approximate surface area is 102 Å². The van der Waals surface area contributed by atoms with E-state index in [1.165, 1.54) is 31.0 Å². The Hall–Kier alpha value is -1.96. The molecular formula is C9H12N4O3S. The van der Waals surface area contributed by atoms with Crippen molar-refractivity contribution in [3.63, 3.8) is 0 Å². The molecule has 0 heterocycles. The molecule has 0 saturated carbocycles. The summed E-state index contributed by atoms with van der Waals surface area (Å²) < 4.78 is 4.98. The summed E-state index contributed by atoms with van der Waals surface area (Å²) >= 11 is 1.19. The van der Waals surface area contributed by atoms with Crippen molar-refractivity contribution in [2.45, 2.75) is 5.75 Å². The molecule has 0 atom stereocenters. The molecule has 1 aromatic carbocycles. The van der Waals surface area contributed by atoms with Gasteiger partial charge in [-0.1, -0.05) is 11.8 Å². The number of methoxy groups -OCH3 is 1. The monoisotopic (exact) mass is 256 g/mol. The normalized spacial score (nSPS) is 11.2. The number of nitrogens with two attached hydrogens (primary N) is 2. The summed E-state index contributed by atoms with van der Waals surface area (Å²) in [6.07, 6.45) is 0. The van der Waals surface area contributed by atoms with Crippen molar-refractivity contribution in [2.24, 2.45) is 16.7 Å². The molecule has 0 aromatic heterocycles. The fourth-order valence-electron chi connectivity index (χ4n) is 1.14. The molecule has 0 unspecified atom stereocenters. The molecule has 1 aromatic rings. The minimum atomic E-state index is -0.475. The van der Waals surface area contributed by atoms with Crippen molar-refractivity contribution in [3.05, 3.63) is 33.9 Å². The summed E-state index contributed by atoms with van der Waals surface area (Å²) in [5, 5.41) is 14.2. The Kier molecular flexibility index (Phi) is 4.58. The number of benzene rings is 1. The molecule has 0 radical (unpaired) electrons. The van der Waals surface area contributed by atoms with E-state index in [1.54, 1.807) is 6.07 Å². The van der Waals surface area contributed by atoms with Crippen LogP contribution in [0.5, 0.6) is 5.75 Å². The van der Waals surface area contributed by atoms with Gasteiger partial charge < -0.3 is 16.3 Å². The van der Waals surface area contributed by atoms with E-state index in [0.717, 1.165) is 0 Å². The van der Waals surface area contributed by atoms with Crippen LogP contribution in [-0.4, -0.2) is 17.2 Å². The first-order valence-corrected chi connectivity index (χ1v) is 5.54. The Balaban J connectivity index is 2.91. The average Bonchev–Trinajstić information content (AvgIpc) is 2.35. The summed E-state index contributed by atoms with van der Waals surface area (Å²) in [7, 11) is 1.45. The zero-order valence-electron chi connectivity index (χ0n) is 9.12. The van der Waals surface area contributed by atoms with Crippen molar-refractivity contribution in [1.29, 1.82) is 0 Å². The summed E-state index contributed by atoms with van der Waals surface area (Å²) in [5.74, 6) is 5.84. The van der Waals surface area contributed by atoms with E-state index < -0.39 is 4.92 Å². The maximum Gasteiger partial charge on any atom is 0.273 e. The van der Waals surface area contributed by atoms with Crippen LogP contribution in [0.3, 0.4) is 0 Å². The Morgan fingerprint density at radius 2 is 2.29 bits per heavy atom. The molecule has 92 valence electrons. The number of hydrazone groups is 1. The van der Waals surface area contributed by atoms with E-state index in [0.29, 0.717) is 17.1 Å². The van der Waals surface area contributed by atoms with Gasteiger partial charge in [0.25, 0.3) is 5.69 Å². The van der Waals surface area contributed by atoms with Crippen molar-refractivity contribution < 1.29 is 9.66 Å². The molecule has 8 heteroatoms. The molecule has 0 saturated heterocycles. The highest BCUT2D eigenvalue weighted by Gasteiger charge is 2.10. The highest BCUT2D eigenvalue weighted by molar-refractivity contribution is 8.13. The van der Waals surface area contributed by atoms with E-state index in [1.807, 2.05) is 0 Å². The second-order valence-corrected chi connectivity index (χ2v) is 4.05. The van der Waals surface area contributed by atoms with Crippen molar-refractivity contribution in [1.82, 2.24) is 0 Å². The highest BCUT2D eigenvalue weighted by atomic mass is 32.2. The predicted octanol–water partition coefficient (Wildman–Crippen LogP) is 1.02. The third kappa shape index (κ3) is 3.83. The van der Waals surface area contributed by atoms with Gasteiger partial charge in [-0.15, -0.1) is 0 Å². The molecule has 0 aliphatic carbocycles. The number of ether oxygens (including phenoxy) is 1. The number of hydrogen-bond donors (Lipinski definition) is 2. The first-order chi connectivity index (χ1) is 8.06. The van der Waals surface area contributed by atoms with Gasteiger partial charge in [0.1, 0.15) is 5.75 Å². The van der Waals surface area contributed by atoms with Crippen LogP contribution in [0.15, 0.2) is 23.3 Å². The Bertz CT molecular complexity index is 450. The minimum absolute atomic E-state index is 0.0248. The topological polar surface area (TPSA) is 117 Å². The zero-order chi connectivity index (χ0) is 12.8. The van der Waals surface area contributed by atoms with Gasteiger partial charge in [-0.2, -0.15) is 5.10 Å². The summed E-state index contributed by atoms with van der Waals surface area (Å²) in [5.41, 5.74) is 6.10. The molecule has 17 heavy (non-hydrogen) atoms. The molecule has 0 bridgehead atoms. The lowest BCUT2D eigenvalue weighted by molar-refractivity contribution is -0.385. The number of nitro benzene ring substituents is 1. The van der Waals surface area contributed by atoms with Crippen molar-refractivity contribution >= 4 is 22.6 Å². The second kappa shape index (κ2) is 5.94. The standard InChI is InChI=1S/C9H12N4O3S/c1-16-8-3-6(5-17-9(10)12-11)2-7(4-8)13(14)15/h2-4H,5,11H2,1H3,(H2,10,12). The quantitative estimate of drug-likeness (QED) is 0.273. The van der Waals surface area contributed by atoms with Crippen LogP contribution in [0.4, 0.5) is 5.69 Å². The molecule has 0 fully saturated rings. The molecule has 7 nitrogen and oxygen atoms in total. The summed E-state index contributed by atoms with van der Waals surface area (Å²) in [6.45, 7) is 0. The molecule has 4 N–H and O–H groups in total. The van der Waals surface area contributed by atoms with Crippen LogP contribution >= 0.6 is 11.8 Å². The van der Waals surface area contributed by atoms with Crippen LogP contribution in [0.2, 0.25) is 0 Å². The lowest BCUT2D eigenvalue weighted by Crippen LogP contribution is -2.09. The smallest absolute Gasteiger partial charge is 0.273 e. The number of nitrogens with zero attached hydrogens (tertiary/aromatic N) is 2. The number of hydrogen-bond acceptors (Lipinski definition) is 6. The maximum atomic E-state index is 10.7. The lowest BCUT2D eigenvalue weighted by Gasteiger charge is -2.04. The number of thioether (sulfide) groups is 1. The minimum Gasteiger partial charge on any atom is -0.496 e. The average molecular weight is 256 g/mol. The number of rotatable bonds is 4. The Morgan fingerprint density at radius 3 is 2.82 bits per heavy atom. The van der Waals surface area contributed by atoms with Crippen LogP contribution in [0.25, 0.3) is 0 Å². The first kappa shape index (κ1) is 13.1. The van der Waals surface area contributed by atoms with E-state index in [4.69, 9.17) is 16.3 Å². The predicted molar refractivity (Wildman–Crippen MR) is 66.8 cm³/mol. The molecule has 0 spiro atoms. The largest absolute Gasteiger partial charge is 0.496 e. The lowest BCUT2D eigenvalue weighted by atomic mass is 10.2. The molecule has 0 amide bonds.